The number of carbonyl (C=O) groups is 1. The first-order valence-corrected chi connectivity index (χ1v) is 9.42. The number of rotatable bonds is 7. The Hall–Kier alpha value is -3.91. The van der Waals surface area contributed by atoms with Crippen molar-refractivity contribution in [3.63, 3.8) is 0 Å². The van der Waals surface area contributed by atoms with Crippen molar-refractivity contribution in [2.24, 2.45) is 12.2 Å². The second kappa shape index (κ2) is 9.27. The van der Waals surface area contributed by atoms with Crippen molar-refractivity contribution in [1.29, 1.82) is 0 Å². The number of esters is 1. The number of hydrogen-bond donors (Lipinski definition) is 0. The molecule has 9 nitrogen and oxygen atoms in total. The highest BCUT2D eigenvalue weighted by molar-refractivity contribution is 5.98. The molecule has 0 aliphatic heterocycles. The zero-order valence-electron chi connectivity index (χ0n) is 17.3. The van der Waals surface area contributed by atoms with E-state index in [-0.39, 0.29) is 24.5 Å². The van der Waals surface area contributed by atoms with E-state index in [0.29, 0.717) is 23.0 Å². The molecule has 0 aliphatic carbocycles. The third-order valence-electron chi connectivity index (χ3n) is 4.80. The van der Waals surface area contributed by atoms with Gasteiger partial charge in [-0.25, -0.2) is 9.18 Å². The van der Waals surface area contributed by atoms with E-state index in [1.54, 1.807) is 25.3 Å². The molecule has 0 aliphatic rings. The first-order chi connectivity index (χ1) is 14.9. The molecule has 0 N–H and O–H groups in total. The van der Waals surface area contributed by atoms with Crippen LogP contribution in [0.5, 0.6) is 5.75 Å². The molecule has 3 rings (SSSR count). The average molecular weight is 425 g/mol. The Morgan fingerprint density at radius 3 is 2.77 bits per heavy atom. The van der Waals surface area contributed by atoms with Crippen molar-refractivity contribution < 1.29 is 18.7 Å². The van der Waals surface area contributed by atoms with Gasteiger partial charge in [0, 0.05) is 18.2 Å². The standard InChI is InChI=1S/C21H20FN5O4/c1-4-31-21(29)17-19(30-3)18-16(27(2)20(17)28)8-12(10-24-18)7-13-5-6-15(22)9-14(13)11-25-26-23/h5-6,8-10H,4,7,11H2,1-3H3. The quantitative estimate of drug-likeness (QED) is 0.248. The van der Waals surface area contributed by atoms with Gasteiger partial charge in [-0.05, 0) is 53.8 Å². The maximum Gasteiger partial charge on any atom is 0.347 e. The van der Waals surface area contributed by atoms with Crippen molar-refractivity contribution in [3.8, 4) is 5.75 Å². The van der Waals surface area contributed by atoms with Gasteiger partial charge < -0.3 is 14.0 Å². The molecule has 0 amide bonds. The number of fused-ring (bicyclic) bond motifs is 1. The monoisotopic (exact) mass is 425 g/mol. The van der Waals surface area contributed by atoms with Crippen molar-refractivity contribution in [1.82, 2.24) is 9.55 Å². The topological polar surface area (TPSA) is 119 Å². The summed E-state index contributed by atoms with van der Waals surface area (Å²) in [5, 5.41) is 3.52. The highest BCUT2D eigenvalue weighted by Crippen LogP contribution is 2.27. The first-order valence-electron chi connectivity index (χ1n) is 9.42. The Balaban J connectivity index is 2.12. The molecule has 1 aromatic carbocycles. The van der Waals surface area contributed by atoms with Crippen LogP contribution in [0.2, 0.25) is 0 Å². The summed E-state index contributed by atoms with van der Waals surface area (Å²) >= 11 is 0. The van der Waals surface area contributed by atoms with Gasteiger partial charge in [0.1, 0.15) is 11.3 Å². The van der Waals surface area contributed by atoms with Gasteiger partial charge in [0.2, 0.25) is 0 Å². The summed E-state index contributed by atoms with van der Waals surface area (Å²) in [6.45, 7) is 1.78. The zero-order chi connectivity index (χ0) is 22.5. The average Bonchev–Trinajstić information content (AvgIpc) is 2.76. The molecule has 0 fully saturated rings. The molecule has 2 heterocycles. The molecule has 3 aromatic rings. The minimum atomic E-state index is -0.776. The van der Waals surface area contributed by atoms with Crippen LogP contribution < -0.4 is 10.3 Å². The lowest BCUT2D eigenvalue weighted by Crippen LogP contribution is -2.27. The summed E-state index contributed by atoms with van der Waals surface area (Å²) in [7, 11) is 2.89. The second-order valence-electron chi connectivity index (χ2n) is 6.68. The molecular weight excluding hydrogens is 405 g/mol. The molecule has 0 radical (unpaired) electrons. The number of ether oxygens (including phenoxy) is 2. The van der Waals surface area contributed by atoms with Gasteiger partial charge in [-0.2, -0.15) is 0 Å². The second-order valence-corrected chi connectivity index (χ2v) is 6.68. The lowest BCUT2D eigenvalue weighted by Gasteiger charge is -2.14. The van der Waals surface area contributed by atoms with Crippen LogP contribution in [0.4, 0.5) is 4.39 Å². The van der Waals surface area contributed by atoms with Crippen LogP contribution in [0.3, 0.4) is 0 Å². The van der Waals surface area contributed by atoms with Crippen LogP contribution in [0, 0.1) is 5.82 Å². The summed E-state index contributed by atoms with van der Waals surface area (Å²) in [4.78, 5) is 32.3. The summed E-state index contributed by atoms with van der Waals surface area (Å²) in [6, 6.07) is 6.02. The summed E-state index contributed by atoms with van der Waals surface area (Å²) in [6.07, 6.45) is 1.96. The third-order valence-corrected chi connectivity index (χ3v) is 4.80. The minimum Gasteiger partial charge on any atom is -0.493 e. The molecule has 0 bridgehead atoms. The minimum absolute atomic E-state index is 0.0137. The van der Waals surface area contributed by atoms with Crippen LogP contribution in [-0.2, 0) is 24.8 Å². The van der Waals surface area contributed by atoms with E-state index in [1.165, 1.54) is 30.9 Å². The molecule has 0 atom stereocenters. The number of halogens is 1. The largest absolute Gasteiger partial charge is 0.493 e. The Kier molecular flexibility index (Phi) is 6.52. The number of azide groups is 1. The number of hydrogen-bond acceptors (Lipinski definition) is 6. The van der Waals surface area contributed by atoms with Crippen LogP contribution in [-0.4, -0.2) is 29.2 Å². The van der Waals surface area contributed by atoms with Gasteiger partial charge in [-0.1, -0.05) is 11.2 Å². The van der Waals surface area contributed by atoms with E-state index in [2.05, 4.69) is 15.0 Å². The zero-order valence-corrected chi connectivity index (χ0v) is 17.3. The molecule has 0 saturated heterocycles. The molecule has 0 unspecified atom stereocenters. The highest BCUT2D eigenvalue weighted by atomic mass is 19.1. The third kappa shape index (κ3) is 4.34. The van der Waals surface area contributed by atoms with E-state index >= 15 is 0 Å². The Labute approximate surface area is 176 Å². The number of aromatic nitrogens is 2. The predicted octanol–water partition coefficient (Wildman–Crippen LogP) is 3.66. The molecule has 160 valence electrons. The van der Waals surface area contributed by atoms with E-state index in [4.69, 9.17) is 15.0 Å². The van der Waals surface area contributed by atoms with Gasteiger partial charge in [-0.15, -0.1) is 0 Å². The highest BCUT2D eigenvalue weighted by Gasteiger charge is 2.24. The summed E-state index contributed by atoms with van der Waals surface area (Å²) < 4.78 is 25.3. The van der Waals surface area contributed by atoms with Crippen molar-refractivity contribution in [2.45, 2.75) is 19.9 Å². The number of nitrogens with zero attached hydrogens (tertiary/aromatic N) is 5. The Morgan fingerprint density at radius 2 is 2.10 bits per heavy atom. The Bertz CT molecular complexity index is 1260. The van der Waals surface area contributed by atoms with E-state index in [9.17, 15) is 14.0 Å². The van der Waals surface area contributed by atoms with Gasteiger partial charge >= 0.3 is 5.97 Å². The van der Waals surface area contributed by atoms with E-state index in [1.807, 2.05) is 0 Å². The van der Waals surface area contributed by atoms with E-state index in [0.717, 1.165) is 11.1 Å². The van der Waals surface area contributed by atoms with Crippen molar-refractivity contribution in [3.05, 3.63) is 79.3 Å². The number of pyridine rings is 2. The molecule has 0 spiro atoms. The lowest BCUT2D eigenvalue weighted by molar-refractivity contribution is 0.0520. The van der Waals surface area contributed by atoms with Gasteiger partial charge in [0.05, 0.1) is 25.8 Å². The smallest absolute Gasteiger partial charge is 0.347 e. The number of benzene rings is 1. The molecule has 2 aromatic heterocycles. The number of aryl methyl sites for hydroxylation is 1. The van der Waals surface area contributed by atoms with Gasteiger partial charge in [0.15, 0.2) is 11.3 Å². The predicted molar refractivity (Wildman–Crippen MR) is 112 cm³/mol. The molecular formula is C21H20FN5O4. The maximum atomic E-state index is 13.6. The summed E-state index contributed by atoms with van der Waals surface area (Å²) in [5.74, 6) is -1.15. The van der Waals surface area contributed by atoms with Crippen molar-refractivity contribution in [2.75, 3.05) is 13.7 Å². The number of carbonyl (C=O) groups excluding carboxylic acids is 1. The van der Waals surface area contributed by atoms with Crippen LogP contribution in [0.15, 0.2) is 40.4 Å². The fraction of sp³-hybridized carbons (Fsp3) is 0.286. The fourth-order valence-corrected chi connectivity index (χ4v) is 3.34. The maximum absolute atomic E-state index is 13.6. The summed E-state index contributed by atoms with van der Waals surface area (Å²) in [5.41, 5.74) is 10.7. The Morgan fingerprint density at radius 1 is 1.32 bits per heavy atom. The molecule has 10 heteroatoms. The van der Waals surface area contributed by atoms with E-state index < -0.39 is 17.3 Å². The van der Waals surface area contributed by atoms with Crippen LogP contribution >= 0.6 is 0 Å². The van der Waals surface area contributed by atoms with Gasteiger partial charge in [-0.3, -0.25) is 9.78 Å². The van der Waals surface area contributed by atoms with Crippen LogP contribution in [0.1, 0.15) is 34.0 Å². The van der Waals surface area contributed by atoms with Crippen molar-refractivity contribution >= 4 is 17.0 Å². The van der Waals surface area contributed by atoms with Gasteiger partial charge in [0.25, 0.3) is 5.56 Å². The number of methoxy groups -OCH3 is 1. The van der Waals surface area contributed by atoms with Crippen LogP contribution in [0.25, 0.3) is 21.5 Å². The normalized spacial score (nSPS) is 10.6. The molecule has 31 heavy (non-hydrogen) atoms. The lowest BCUT2D eigenvalue weighted by atomic mass is 10.00. The fourth-order valence-electron chi connectivity index (χ4n) is 3.34. The first kappa shape index (κ1) is 21.8. The SMILES string of the molecule is CCOC(=O)c1c(OC)c2ncc(Cc3ccc(F)cc3CN=[N+]=[N-])cc2n(C)c1=O. The molecule has 0 saturated carbocycles.